The third-order valence-electron chi connectivity index (χ3n) is 2.71. The van der Waals surface area contributed by atoms with Gasteiger partial charge < -0.3 is 4.74 Å². The summed E-state index contributed by atoms with van der Waals surface area (Å²) in [6.45, 7) is 5.73. The largest absolute Gasteiger partial charge is 0.489 e. The Labute approximate surface area is 102 Å². The van der Waals surface area contributed by atoms with E-state index in [0.29, 0.717) is 0 Å². The predicted octanol–water partition coefficient (Wildman–Crippen LogP) is 4.24. The Bertz CT molecular complexity index is 471. The maximum atomic E-state index is 5.62. The average molecular weight is 224 g/mol. The summed E-state index contributed by atoms with van der Waals surface area (Å²) in [6, 6.07) is 18.5. The van der Waals surface area contributed by atoms with Gasteiger partial charge in [-0.3, -0.25) is 0 Å². The van der Waals surface area contributed by atoms with Gasteiger partial charge in [0.05, 0.1) is 6.26 Å². The molecule has 0 aliphatic heterocycles. The molecular weight excluding hydrogens is 208 g/mol. The van der Waals surface area contributed by atoms with Crippen LogP contribution in [-0.2, 0) is 4.74 Å². The van der Waals surface area contributed by atoms with Gasteiger partial charge in [-0.05, 0) is 18.1 Å². The molecule has 0 heterocycles. The molecule has 0 unspecified atom stereocenters. The van der Waals surface area contributed by atoms with Crippen LogP contribution in [-0.4, -0.2) is 0 Å². The van der Waals surface area contributed by atoms with E-state index in [1.807, 2.05) is 18.2 Å². The molecule has 17 heavy (non-hydrogen) atoms. The maximum absolute atomic E-state index is 5.62. The zero-order chi connectivity index (χ0) is 12.1. The second-order valence-corrected chi connectivity index (χ2v) is 4.00. The highest BCUT2D eigenvalue weighted by Gasteiger charge is 2.13. The van der Waals surface area contributed by atoms with Gasteiger partial charge >= 0.3 is 0 Å². The summed E-state index contributed by atoms with van der Waals surface area (Å²) in [5.41, 5.74) is 3.53. The smallest absolute Gasteiger partial charge is 0.148 e. The van der Waals surface area contributed by atoms with Crippen molar-refractivity contribution in [3.8, 4) is 0 Å². The number of aryl methyl sites for hydroxylation is 1. The molecule has 0 fully saturated rings. The van der Waals surface area contributed by atoms with E-state index in [9.17, 15) is 0 Å². The highest BCUT2D eigenvalue weighted by atomic mass is 16.5. The molecule has 0 aliphatic rings. The molecule has 2 rings (SSSR count). The van der Waals surface area contributed by atoms with Gasteiger partial charge in [0.15, 0.2) is 0 Å². The highest BCUT2D eigenvalue weighted by Crippen LogP contribution is 2.26. The standard InChI is InChI=1S/C16H16O/c1-3-17-16(14-7-5-4-6-8-14)15-11-9-13(2)10-12-15/h3-12,16H,1H2,2H3/t16-/m1/s1. The molecule has 0 bridgehead atoms. The van der Waals surface area contributed by atoms with Gasteiger partial charge in [0.1, 0.15) is 6.10 Å². The summed E-state index contributed by atoms with van der Waals surface area (Å²) < 4.78 is 5.62. The normalized spacial score (nSPS) is 11.8. The first kappa shape index (κ1) is 11.5. The molecule has 2 aromatic carbocycles. The van der Waals surface area contributed by atoms with Crippen LogP contribution in [0.1, 0.15) is 22.8 Å². The summed E-state index contributed by atoms with van der Waals surface area (Å²) in [5, 5.41) is 0. The second-order valence-electron chi connectivity index (χ2n) is 4.00. The van der Waals surface area contributed by atoms with Crippen LogP contribution in [0.25, 0.3) is 0 Å². The molecule has 0 aromatic heterocycles. The van der Waals surface area contributed by atoms with Crippen LogP contribution in [0, 0.1) is 6.92 Å². The van der Waals surface area contributed by atoms with Gasteiger partial charge in [0, 0.05) is 0 Å². The van der Waals surface area contributed by atoms with Crippen molar-refractivity contribution in [3.63, 3.8) is 0 Å². The number of ether oxygens (including phenoxy) is 1. The summed E-state index contributed by atoms with van der Waals surface area (Å²) in [4.78, 5) is 0. The van der Waals surface area contributed by atoms with E-state index in [1.54, 1.807) is 0 Å². The Morgan fingerprint density at radius 2 is 1.53 bits per heavy atom. The first-order chi connectivity index (χ1) is 8.31. The first-order valence-electron chi connectivity index (χ1n) is 5.69. The summed E-state index contributed by atoms with van der Waals surface area (Å²) in [7, 11) is 0. The quantitative estimate of drug-likeness (QED) is 0.706. The number of hydrogen-bond donors (Lipinski definition) is 0. The summed E-state index contributed by atoms with van der Waals surface area (Å²) in [6.07, 6.45) is 1.42. The van der Waals surface area contributed by atoms with Gasteiger partial charge in [-0.15, -0.1) is 0 Å². The van der Waals surface area contributed by atoms with Crippen molar-refractivity contribution in [2.45, 2.75) is 13.0 Å². The van der Waals surface area contributed by atoms with Crippen LogP contribution in [0.4, 0.5) is 0 Å². The zero-order valence-corrected chi connectivity index (χ0v) is 9.97. The molecule has 0 saturated carbocycles. The lowest BCUT2D eigenvalue weighted by molar-refractivity contribution is 0.184. The van der Waals surface area contributed by atoms with Gasteiger partial charge in [0.2, 0.25) is 0 Å². The first-order valence-corrected chi connectivity index (χ1v) is 5.69. The molecule has 0 aliphatic carbocycles. The van der Waals surface area contributed by atoms with E-state index >= 15 is 0 Å². The van der Waals surface area contributed by atoms with Crippen LogP contribution in [0.5, 0.6) is 0 Å². The zero-order valence-electron chi connectivity index (χ0n) is 9.97. The Morgan fingerprint density at radius 1 is 0.941 bits per heavy atom. The Balaban J connectivity index is 2.35. The Morgan fingerprint density at radius 3 is 2.12 bits per heavy atom. The van der Waals surface area contributed by atoms with Gasteiger partial charge in [-0.25, -0.2) is 0 Å². The van der Waals surface area contributed by atoms with E-state index in [1.165, 1.54) is 11.8 Å². The number of hydrogen-bond acceptors (Lipinski definition) is 1. The lowest BCUT2D eigenvalue weighted by Crippen LogP contribution is -2.02. The van der Waals surface area contributed by atoms with E-state index in [0.717, 1.165) is 11.1 Å². The Kier molecular flexibility index (Phi) is 3.61. The lowest BCUT2D eigenvalue weighted by atomic mass is 10.0. The minimum atomic E-state index is -0.0747. The molecule has 0 amide bonds. The van der Waals surface area contributed by atoms with Crippen molar-refractivity contribution in [2.24, 2.45) is 0 Å². The lowest BCUT2D eigenvalue weighted by Gasteiger charge is -2.17. The van der Waals surface area contributed by atoms with Crippen LogP contribution in [0.2, 0.25) is 0 Å². The summed E-state index contributed by atoms with van der Waals surface area (Å²) >= 11 is 0. The number of benzene rings is 2. The average Bonchev–Trinajstić information content (AvgIpc) is 2.38. The summed E-state index contributed by atoms with van der Waals surface area (Å²) in [5.74, 6) is 0. The van der Waals surface area contributed by atoms with Crippen LogP contribution in [0.15, 0.2) is 67.4 Å². The third-order valence-corrected chi connectivity index (χ3v) is 2.71. The monoisotopic (exact) mass is 224 g/mol. The predicted molar refractivity (Wildman–Crippen MR) is 70.7 cm³/mol. The molecule has 1 atom stereocenters. The van der Waals surface area contributed by atoms with Crippen molar-refractivity contribution < 1.29 is 4.74 Å². The van der Waals surface area contributed by atoms with Crippen molar-refractivity contribution in [3.05, 3.63) is 84.1 Å². The second kappa shape index (κ2) is 5.35. The minimum Gasteiger partial charge on any atom is -0.489 e. The van der Waals surface area contributed by atoms with E-state index in [-0.39, 0.29) is 6.10 Å². The minimum absolute atomic E-state index is 0.0747. The van der Waals surface area contributed by atoms with Crippen molar-refractivity contribution in [2.75, 3.05) is 0 Å². The van der Waals surface area contributed by atoms with Gasteiger partial charge in [-0.1, -0.05) is 66.7 Å². The molecule has 1 heteroatoms. The molecule has 0 radical (unpaired) electrons. The molecule has 0 saturated heterocycles. The molecule has 86 valence electrons. The molecule has 1 nitrogen and oxygen atoms in total. The fraction of sp³-hybridized carbons (Fsp3) is 0.125. The molecular formula is C16H16O. The van der Waals surface area contributed by atoms with Crippen LogP contribution in [0.3, 0.4) is 0 Å². The third kappa shape index (κ3) is 2.76. The topological polar surface area (TPSA) is 9.23 Å². The van der Waals surface area contributed by atoms with E-state index in [4.69, 9.17) is 4.74 Å². The molecule has 0 spiro atoms. The fourth-order valence-electron chi connectivity index (χ4n) is 1.81. The van der Waals surface area contributed by atoms with Crippen molar-refractivity contribution in [1.82, 2.24) is 0 Å². The number of rotatable bonds is 4. The molecule has 2 aromatic rings. The van der Waals surface area contributed by atoms with E-state index in [2.05, 4.69) is 49.9 Å². The van der Waals surface area contributed by atoms with Gasteiger partial charge in [-0.2, -0.15) is 0 Å². The van der Waals surface area contributed by atoms with E-state index < -0.39 is 0 Å². The SMILES string of the molecule is C=CO[C@H](c1ccccc1)c1ccc(C)cc1. The molecule has 0 N–H and O–H groups in total. The maximum Gasteiger partial charge on any atom is 0.148 e. The Hall–Kier alpha value is -2.02. The van der Waals surface area contributed by atoms with Crippen molar-refractivity contribution >= 4 is 0 Å². The van der Waals surface area contributed by atoms with Crippen LogP contribution < -0.4 is 0 Å². The highest BCUT2D eigenvalue weighted by molar-refractivity contribution is 5.32. The fourth-order valence-corrected chi connectivity index (χ4v) is 1.81. The van der Waals surface area contributed by atoms with Gasteiger partial charge in [0.25, 0.3) is 0 Å². The van der Waals surface area contributed by atoms with Crippen molar-refractivity contribution in [1.29, 1.82) is 0 Å². The van der Waals surface area contributed by atoms with Crippen LogP contribution >= 0.6 is 0 Å².